The first-order valence-corrected chi connectivity index (χ1v) is 16.2. The van der Waals surface area contributed by atoms with Gasteiger partial charge in [-0.25, -0.2) is 4.79 Å². The van der Waals surface area contributed by atoms with E-state index < -0.39 is 141 Å². The Kier molecular flexibility index (Phi) is 19.0. The first-order valence-electron chi connectivity index (χ1n) is 16.2. The normalized spacial score (nSPS) is 14.3. The highest BCUT2D eigenvalue weighted by molar-refractivity contribution is 5.96. The number of aliphatic hydroxyl groups excluding tert-OH is 1. The number of hydrogen-bond donors (Lipinski definition) is 11. The fourth-order valence-electron chi connectivity index (χ4n) is 4.62. The molecule has 288 valence electrons. The second kappa shape index (κ2) is 22.2. The molecule has 0 saturated carbocycles. The Morgan fingerprint density at radius 3 is 1.35 bits per heavy atom. The van der Waals surface area contributed by atoms with Crippen LogP contribution in [0, 0.1) is 5.92 Å². The Morgan fingerprint density at radius 1 is 0.577 bits per heavy atom. The number of carbonyl (C=O) groups excluding carboxylic acids is 5. The molecule has 0 heterocycles. The van der Waals surface area contributed by atoms with Crippen LogP contribution < -0.4 is 32.3 Å². The lowest BCUT2D eigenvalue weighted by Crippen LogP contribution is -2.60. The zero-order chi connectivity index (χ0) is 39.5. The maximum absolute atomic E-state index is 13.5. The summed E-state index contributed by atoms with van der Waals surface area (Å²) < 4.78 is 0. The van der Waals surface area contributed by atoms with E-state index in [1.165, 1.54) is 13.8 Å². The highest BCUT2D eigenvalue weighted by Crippen LogP contribution is 2.10. The lowest BCUT2D eigenvalue weighted by molar-refractivity contribution is -0.143. The number of aliphatic carboxylic acids is 4. The molecule has 0 fully saturated rings. The van der Waals surface area contributed by atoms with Crippen LogP contribution in [0.5, 0.6) is 0 Å². The minimum absolute atomic E-state index is 0.157. The first kappa shape index (κ1) is 44.4. The third-order valence-corrected chi connectivity index (χ3v) is 7.52. The molecule has 20 heteroatoms. The monoisotopic (exact) mass is 738 g/mol. The number of rotatable bonds is 24. The van der Waals surface area contributed by atoms with E-state index in [1.807, 2.05) is 0 Å². The van der Waals surface area contributed by atoms with Gasteiger partial charge in [-0.15, -0.1) is 0 Å². The maximum atomic E-state index is 13.5. The van der Waals surface area contributed by atoms with Gasteiger partial charge >= 0.3 is 23.9 Å². The highest BCUT2D eigenvalue weighted by Gasteiger charge is 2.34. The van der Waals surface area contributed by atoms with Crippen LogP contribution in [0.1, 0.15) is 57.9 Å². The molecule has 1 aromatic rings. The minimum atomic E-state index is -1.67. The van der Waals surface area contributed by atoms with Crippen molar-refractivity contribution in [2.75, 3.05) is 6.61 Å². The van der Waals surface area contributed by atoms with Crippen LogP contribution in [-0.2, 0) is 49.6 Å². The van der Waals surface area contributed by atoms with Crippen molar-refractivity contribution in [2.45, 2.75) is 95.0 Å². The molecule has 0 spiro atoms. The number of aliphatic hydroxyl groups is 1. The lowest BCUT2D eigenvalue weighted by Gasteiger charge is -2.28. The van der Waals surface area contributed by atoms with Crippen molar-refractivity contribution in [3.8, 4) is 0 Å². The molecule has 0 aromatic heterocycles. The van der Waals surface area contributed by atoms with Gasteiger partial charge in [0.25, 0.3) is 0 Å². The summed E-state index contributed by atoms with van der Waals surface area (Å²) >= 11 is 0. The second-order valence-electron chi connectivity index (χ2n) is 12.1. The summed E-state index contributed by atoms with van der Waals surface area (Å²) in [4.78, 5) is 111. The van der Waals surface area contributed by atoms with Crippen LogP contribution in [0.4, 0.5) is 0 Å². The number of nitrogens with two attached hydrogens (primary N) is 1. The Bertz CT molecular complexity index is 1440. The van der Waals surface area contributed by atoms with Crippen molar-refractivity contribution >= 4 is 53.4 Å². The number of carbonyl (C=O) groups is 9. The summed E-state index contributed by atoms with van der Waals surface area (Å²) in [7, 11) is 0. The number of nitrogens with one attached hydrogen (secondary N) is 5. The van der Waals surface area contributed by atoms with Gasteiger partial charge in [0.1, 0.15) is 36.3 Å². The Morgan fingerprint density at radius 2 is 0.962 bits per heavy atom. The van der Waals surface area contributed by atoms with Gasteiger partial charge in [-0.1, -0.05) is 44.2 Å². The first-order chi connectivity index (χ1) is 24.4. The van der Waals surface area contributed by atoms with Gasteiger partial charge in [-0.3, -0.25) is 38.4 Å². The van der Waals surface area contributed by atoms with Gasteiger partial charge in [-0.2, -0.15) is 0 Å². The van der Waals surface area contributed by atoms with Crippen LogP contribution in [0.2, 0.25) is 0 Å². The van der Waals surface area contributed by atoms with E-state index in [0.29, 0.717) is 5.56 Å². The molecule has 1 rings (SSSR count). The summed E-state index contributed by atoms with van der Waals surface area (Å²) in [5, 5.41) is 57.9. The van der Waals surface area contributed by atoms with Crippen LogP contribution >= 0.6 is 0 Å². The molecular weight excluding hydrogens is 692 g/mol. The molecule has 0 radical (unpaired) electrons. The average Bonchev–Trinajstić information content (AvgIpc) is 3.07. The summed E-state index contributed by atoms with van der Waals surface area (Å²) in [5.41, 5.74) is 6.02. The molecule has 0 aliphatic heterocycles. The van der Waals surface area contributed by atoms with E-state index in [1.54, 1.807) is 30.3 Å². The number of carboxylic acid groups (broad SMARTS) is 4. The third kappa shape index (κ3) is 16.4. The topological polar surface area (TPSA) is 341 Å². The van der Waals surface area contributed by atoms with Crippen molar-refractivity contribution in [3.05, 3.63) is 35.9 Å². The Balaban J connectivity index is 3.27. The van der Waals surface area contributed by atoms with E-state index in [4.69, 9.17) is 15.9 Å². The molecule has 20 nitrogen and oxygen atoms in total. The summed E-state index contributed by atoms with van der Waals surface area (Å²) in [6.45, 7) is 2.19. The molecule has 5 amide bonds. The zero-order valence-electron chi connectivity index (χ0n) is 28.6. The van der Waals surface area contributed by atoms with Gasteiger partial charge in [0.2, 0.25) is 29.5 Å². The molecule has 0 saturated heterocycles. The van der Waals surface area contributed by atoms with Gasteiger partial charge in [0.05, 0.1) is 6.61 Å². The molecule has 0 unspecified atom stereocenters. The van der Waals surface area contributed by atoms with Crippen LogP contribution in [-0.4, -0.2) is 122 Å². The molecule has 0 aliphatic carbocycles. The van der Waals surface area contributed by atoms with E-state index >= 15 is 0 Å². The van der Waals surface area contributed by atoms with Gasteiger partial charge in [0, 0.05) is 25.7 Å². The minimum Gasteiger partial charge on any atom is -0.481 e. The fraction of sp³-hybridized carbons (Fsp3) is 0.531. The molecule has 0 aliphatic rings. The fourth-order valence-corrected chi connectivity index (χ4v) is 4.62. The van der Waals surface area contributed by atoms with Gasteiger partial charge < -0.3 is 57.9 Å². The number of carboxylic acids is 4. The predicted octanol–water partition coefficient (Wildman–Crippen LogP) is -2.69. The second-order valence-corrected chi connectivity index (χ2v) is 12.1. The Hall–Kier alpha value is -5.63. The van der Waals surface area contributed by atoms with E-state index in [0.717, 1.165) is 0 Å². The summed E-state index contributed by atoms with van der Waals surface area (Å²) in [6.07, 6.45) is -3.55. The van der Waals surface area contributed by atoms with Crippen LogP contribution in [0.15, 0.2) is 30.3 Å². The van der Waals surface area contributed by atoms with Crippen molar-refractivity contribution < 1.29 is 68.7 Å². The Labute approximate surface area is 297 Å². The maximum Gasteiger partial charge on any atom is 0.326 e. The summed E-state index contributed by atoms with van der Waals surface area (Å²) in [6, 6.07) is -0.993. The van der Waals surface area contributed by atoms with Crippen LogP contribution in [0.25, 0.3) is 0 Å². The van der Waals surface area contributed by atoms with Crippen molar-refractivity contribution in [1.82, 2.24) is 26.6 Å². The largest absolute Gasteiger partial charge is 0.481 e. The SMILES string of the molecule is CC(C)[C@H](NC(=O)[C@H](CCC(=O)O)NC(=O)[C@@H](N)CO)C(=O)N[C@@H](CCC(=O)O)C(=O)N[C@@H](CCC(=O)O)C(=O)N[C@@H](Cc1ccccc1)C(=O)O. The lowest BCUT2D eigenvalue weighted by atomic mass is 10.0. The van der Waals surface area contributed by atoms with Crippen molar-refractivity contribution in [3.63, 3.8) is 0 Å². The number of amides is 5. The predicted molar refractivity (Wildman–Crippen MR) is 178 cm³/mol. The quantitative estimate of drug-likeness (QED) is 0.0514. The van der Waals surface area contributed by atoms with E-state index in [2.05, 4.69) is 26.6 Å². The molecular formula is C32H46N6O14. The van der Waals surface area contributed by atoms with Crippen molar-refractivity contribution in [1.29, 1.82) is 0 Å². The summed E-state index contributed by atoms with van der Waals surface area (Å²) in [5.74, 6) is -11.4. The van der Waals surface area contributed by atoms with Crippen molar-refractivity contribution in [2.24, 2.45) is 11.7 Å². The molecule has 1 aromatic carbocycles. The highest BCUT2D eigenvalue weighted by atomic mass is 16.4. The molecule has 6 atom stereocenters. The molecule has 12 N–H and O–H groups in total. The van der Waals surface area contributed by atoms with Crippen LogP contribution in [0.3, 0.4) is 0 Å². The van der Waals surface area contributed by atoms with E-state index in [-0.39, 0.29) is 6.42 Å². The smallest absolute Gasteiger partial charge is 0.326 e. The standard InChI is InChI=1S/C32H46N6O14/c1-16(2)26(38-30(49)21(10-13-25(44)45)34-27(46)18(33)15-39)31(50)36-20(9-12-24(42)43)28(47)35-19(8-11-23(40)41)29(48)37-22(32(51)52)14-17-6-4-3-5-7-17/h3-7,16,18-22,26,39H,8-15,33H2,1-2H3,(H,34,46)(H,35,47)(H,36,50)(H,37,48)(H,38,49)(H,40,41)(H,42,43)(H,44,45)(H,51,52)/t18-,19-,20-,21-,22-,26-/m0/s1. The molecule has 0 bridgehead atoms. The number of hydrogen-bond acceptors (Lipinski definition) is 11. The van der Waals surface area contributed by atoms with E-state index in [9.17, 15) is 58.5 Å². The van der Waals surface area contributed by atoms with Gasteiger partial charge in [0.15, 0.2) is 0 Å². The zero-order valence-corrected chi connectivity index (χ0v) is 28.6. The number of benzene rings is 1. The molecule has 52 heavy (non-hydrogen) atoms. The average molecular weight is 739 g/mol. The third-order valence-electron chi connectivity index (χ3n) is 7.52. The van der Waals surface area contributed by atoms with Gasteiger partial charge in [-0.05, 0) is 30.7 Å².